The summed E-state index contributed by atoms with van der Waals surface area (Å²) in [6, 6.07) is 0.808. The monoisotopic (exact) mass is 208 g/mol. The molecule has 0 fully saturated rings. The van der Waals surface area contributed by atoms with Gasteiger partial charge in [0.15, 0.2) is 5.75 Å². The van der Waals surface area contributed by atoms with Gasteiger partial charge in [-0.2, -0.15) is 0 Å². The molecule has 0 saturated heterocycles. The number of halogens is 3. The molecule has 0 aromatic carbocycles. The first kappa shape index (κ1) is 10.6. The van der Waals surface area contributed by atoms with Gasteiger partial charge in [0, 0.05) is 12.6 Å². The number of hydrogen-bond acceptors (Lipinski definition) is 4. The van der Waals surface area contributed by atoms with E-state index in [1.54, 1.807) is 0 Å². The highest BCUT2D eigenvalue weighted by molar-refractivity contribution is 5.34. The Morgan fingerprint density at radius 3 is 2.64 bits per heavy atom. The van der Waals surface area contributed by atoms with Crippen LogP contribution < -0.4 is 10.5 Å². The van der Waals surface area contributed by atoms with Gasteiger partial charge in [0.25, 0.3) is 0 Å². The predicted molar refractivity (Wildman–Crippen MR) is 40.5 cm³/mol. The Morgan fingerprint density at radius 2 is 2.14 bits per heavy atom. The summed E-state index contributed by atoms with van der Waals surface area (Å²) >= 11 is 0. The lowest BCUT2D eigenvalue weighted by Gasteiger charge is -2.11. The minimum atomic E-state index is -4.82. The van der Waals surface area contributed by atoms with Gasteiger partial charge >= 0.3 is 6.36 Å². The summed E-state index contributed by atoms with van der Waals surface area (Å²) in [6.45, 7) is -0.203. The average Bonchev–Trinajstić information content (AvgIpc) is 2.01. The SMILES string of the molecule is NCc1ncc(O)cc1OC(F)(F)F. The van der Waals surface area contributed by atoms with E-state index in [1.807, 2.05) is 0 Å². The molecular weight excluding hydrogens is 201 g/mol. The van der Waals surface area contributed by atoms with Gasteiger partial charge in [-0.15, -0.1) is 13.2 Å². The summed E-state index contributed by atoms with van der Waals surface area (Å²) in [5, 5.41) is 8.88. The third-order valence-electron chi connectivity index (χ3n) is 1.34. The molecule has 1 aromatic heterocycles. The van der Waals surface area contributed by atoms with Gasteiger partial charge in [-0.3, -0.25) is 4.98 Å². The topological polar surface area (TPSA) is 68.4 Å². The van der Waals surface area contributed by atoms with E-state index >= 15 is 0 Å². The molecule has 1 rings (SSSR count). The Balaban J connectivity index is 2.99. The maximum atomic E-state index is 11.8. The molecule has 0 atom stereocenters. The normalized spacial score (nSPS) is 11.4. The summed E-state index contributed by atoms with van der Waals surface area (Å²) in [7, 11) is 0. The molecule has 0 bridgehead atoms. The van der Waals surface area contributed by atoms with E-state index in [0.717, 1.165) is 12.3 Å². The van der Waals surface area contributed by atoms with Crippen molar-refractivity contribution in [2.45, 2.75) is 12.9 Å². The van der Waals surface area contributed by atoms with Crippen LogP contribution in [0.5, 0.6) is 11.5 Å². The highest BCUT2D eigenvalue weighted by atomic mass is 19.4. The van der Waals surface area contributed by atoms with Crippen molar-refractivity contribution in [2.24, 2.45) is 5.73 Å². The molecule has 0 unspecified atom stereocenters. The number of hydrogen-bond donors (Lipinski definition) is 2. The van der Waals surface area contributed by atoms with Crippen molar-refractivity contribution in [2.75, 3.05) is 0 Å². The smallest absolute Gasteiger partial charge is 0.506 e. The second kappa shape index (κ2) is 3.70. The predicted octanol–water partition coefficient (Wildman–Crippen LogP) is 1.14. The lowest BCUT2D eigenvalue weighted by molar-refractivity contribution is -0.275. The molecule has 7 heteroatoms. The van der Waals surface area contributed by atoms with Crippen molar-refractivity contribution >= 4 is 0 Å². The second-order valence-corrected chi connectivity index (χ2v) is 2.39. The number of nitrogens with zero attached hydrogens (tertiary/aromatic N) is 1. The molecule has 1 heterocycles. The van der Waals surface area contributed by atoms with Crippen LogP contribution in [0, 0.1) is 0 Å². The summed E-state index contributed by atoms with van der Waals surface area (Å²) in [6.07, 6.45) is -3.83. The number of aromatic hydroxyl groups is 1. The van der Waals surface area contributed by atoms with Crippen LogP contribution in [-0.4, -0.2) is 16.5 Å². The van der Waals surface area contributed by atoms with E-state index in [0.29, 0.717) is 0 Å². The van der Waals surface area contributed by atoms with Crippen LogP contribution in [0.1, 0.15) is 5.69 Å². The van der Waals surface area contributed by atoms with Crippen molar-refractivity contribution in [1.82, 2.24) is 4.98 Å². The molecule has 0 aliphatic carbocycles. The van der Waals surface area contributed by atoms with Gasteiger partial charge in [0.2, 0.25) is 0 Å². The Hall–Kier alpha value is -1.50. The minimum Gasteiger partial charge on any atom is -0.506 e. The quantitative estimate of drug-likeness (QED) is 0.764. The fourth-order valence-electron chi connectivity index (χ4n) is 0.829. The molecule has 0 aliphatic rings. The first-order chi connectivity index (χ1) is 6.42. The number of rotatable bonds is 2. The molecule has 78 valence electrons. The fraction of sp³-hybridized carbons (Fsp3) is 0.286. The van der Waals surface area contributed by atoms with Crippen LogP contribution in [0.4, 0.5) is 13.2 Å². The van der Waals surface area contributed by atoms with Gasteiger partial charge in [0.05, 0.1) is 11.9 Å². The highest BCUT2D eigenvalue weighted by Gasteiger charge is 2.32. The summed E-state index contributed by atoms with van der Waals surface area (Å²) in [5.41, 5.74) is 5.06. The van der Waals surface area contributed by atoms with Crippen molar-refractivity contribution in [3.05, 3.63) is 18.0 Å². The summed E-state index contributed by atoms with van der Waals surface area (Å²) in [5.74, 6) is -0.999. The fourth-order valence-corrected chi connectivity index (χ4v) is 0.829. The van der Waals surface area contributed by atoms with Crippen molar-refractivity contribution < 1.29 is 23.0 Å². The van der Waals surface area contributed by atoms with E-state index in [1.165, 1.54) is 0 Å². The zero-order valence-corrected chi connectivity index (χ0v) is 6.88. The van der Waals surface area contributed by atoms with E-state index in [4.69, 9.17) is 10.8 Å². The van der Waals surface area contributed by atoms with Crippen molar-refractivity contribution in [3.63, 3.8) is 0 Å². The van der Waals surface area contributed by atoms with Gasteiger partial charge in [-0.25, -0.2) is 0 Å². The van der Waals surface area contributed by atoms with Crippen molar-refractivity contribution in [3.8, 4) is 11.5 Å². The van der Waals surface area contributed by atoms with Gasteiger partial charge < -0.3 is 15.6 Å². The molecular formula is C7H7F3N2O2. The molecule has 14 heavy (non-hydrogen) atoms. The van der Waals surface area contributed by atoms with Crippen LogP contribution in [-0.2, 0) is 6.54 Å². The van der Waals surface area contributed by atoms with Crippen LogP contribution in [0.25, 0.3) is 0 Å². The van der Waals surface area contributed by atoms with Gasteiger partial charge in [-0.05, 0) is 0 Å². The Morgan fingerprint density at radius 1 is 1.50 bits per heavy atom. The molecule has 4 nitrogen and oxygen atoms in total. The average molecular weight is 208 g/mol. The lowest BCUT2D eigenvalue weighted by atomic mass is 10.3. The summed E-state index contributed by atoms with van der Waals surface area (Å²) < 4.78 is 39.1. The van der Waals surface area contributed by atoms with Crippen LogP contribution >= 0.6 is 0 Å². The van der Waals surface area contributed by atoms with E-state index in [-0.39, 0.29) is 12.2 Å². The number of pyridine rings is 1. The first-order valence-electron chi connectivity index (χ1n) is 3.56. The molecule has 0 saturated carbocycles. The number of aromatic nitrogens is 1. The van der Waals surface area contributed by atoms with Crippen LogP contribution in [0.15, 0.2) is 12.3 Å². The standard InChI is InChI=1S/C7H7F3N2O2/c8-7(9,10)14-6-1-4(13)3-12-5(6)2-11/h1,3,13H,2,11H2. The minimum absolute atomic E-state index is 0.0693. The maximum Gasteiger partial charge on any atom is 0.573 e. The molecule has 0 amide bonds. The summed E-state index contributed by atoms with van der Waals surface area (Å²) in [4.78, 5) is 3.48. The molecule has 0 aliphatic heterocycles. The Labute approximate surface area is 77.1 Å². The van der Waals surface area contributed by atoms with E-state index in [9.17, 15) is 13.2 Å². The maximum absolute atomic E-state index is 11.8. The molecule has 1 aromatic rings. The van der Waals surface area contributed by atoms with Crippen LogP contribution in [0.2, 0.25) is 0 Å². The second-order valence-electron chi connectivity index (χ2n) is 2.39. The number of ether oxygens (including phenoxy) is 1. The highest BCUT2D eigenvalue weighted by Crippen LogP contribution is 2.27. The van der Waals surface area contributed by atoms with Gasteiger partial charge in [-0.1, -0.05) is 0 Å². The Kier molecular flexibility index (Phi) is 2.80. The zero-order chi connectivity index (χ0) is 10.8. The molecule has 0 radical (unpaired) electrons. The molecule has 0 spiro atoms. The number of nitrogens with two attached hydrogens (primary N) is 1. The van der Waals surface area contributed by atoms with E-state index < -0.39 is 17.9 Å². The zero-order valence-electron chi connectivity index (χ0n) is 6.88. The third-order valence-corrected chi connectivity index (χ3v) is 1.34. The number of alkyl halides is 3. The largest absolute Gasteiger partial charge is 0.573 e. The Bertz CT molecular complexity index is 327. The first-order valence-corrected chi connectivity index (χ1v) is 3.56. The molecule has 3 N–H and O–H groups in total. The van der Waals surface area contributed by atoms with Crippen molar-refractivity contribution in [1.29, 1.82) is 0 Å². The van der Waals surface area contributed by atoms with E-state index in [2.05, 4.69) is 9.72 Å². The van der Waals surface area contributed by atoms with Gasteiger partial charge in [0.1, 0.15) is 5.75 Å². The van der Waals surface area contributed by atoms with Crippen LogP contribution in [0.3, 0.4) is 0 Å². The lowest BCUT2D eigenvalue weighted by Crippen LogP contribution is -2.19. The third kappa shape index (κ3) is 2.77.